The zero-order chi connectivity index (χ0) is 54.2. The van der Waals surface area contributed by atoms with Gasteiger partial charge in [0.15, 0.2) is 11.6 Å². The Kier molecular flexibility index (Phi) is 23.8. The number of aryl methyl sites for hydroxylation is 1. The lowest BCUT2D eigenvalue weighted by Gasteiger charge is -2.21. The lowest BCUT2D eigenvalue weighted by Crippen LogP contribution is -2.12. The van der Waals surface area contributed by atoms with Crippen molar-refractivity contribution in [2.75, 3.05) is 7.11 Å². The van der Waals surface area contributed by atoms with Gasteiger partial charge in [0, 0.05) is 5.02 Å². The average Bonchev–Trinajstić information content (AvgIpc) is 3.21. The monoisotopic (exact) mass is 991 g/mol. The van der Waals surface area contributed by atoms with Gasteiger partial charge < -0.3 is 4.74 Å². The molecular formula is C62H81ClF6O. The molecule has 0 spiro atoms. The fourth-order valence-corrected chi connectivity index (χ4v) is 6.98. The first kappa shape index (κ1) is 63.0. The summed E-state index contributed by atoms with van der Waals surface area (Å²) < 4.78 is 80.9. The Labute approximate surface area is 424 Å². The second-order valence-corrected chi connectivity index (χ2v) is 23.9. The number of hydrogen-bond donors (Lipinski definition) is 0. The number of rotatable bonds is 1. The average molecular weight is 992 g/mol. The van der Waals surface area contributed by atoms with Crippen LogP contribution < -0.4 is 4.74 Å². The van der Waals surface area contributed by atoms with Crippen LogP contribution in [0.1, 0.15) is 164 Å². The second kappa shape index (κ2) is 26.4. The van der Waals surface area contributed by atoms with E-state index in [4.69, 9.17) is 16.3 Å². The van der Waals surface area contributed by atoms with Gasteiger partial charge in [-0.3, -0.25) is 0 Å². The number of ether oxygens (including phenoxy) is 1. The predicted octanol–water partition coefficient (Wildman–Crippen LogP) is 19.7. The van der Waals surface area contributed by atoms with Crippen LogP contribution >= 0.6 is 11.6 Å². The van der Waals surface area contributed by atoms with E-state index in [-0.39, 0.29) is 55.8 Å². The SMILES string of the molecule is CC(C)(C)c1ccc(F)c(F)c1.CC(C)(C)c1ccc(F)cc1.CC(C)(C)c1ccc(F)cc1Cl.CC(C)(C)c1cccc(F)c1.COc1ccc(C(C)(C)C)cc1.Cc1cc(F)ccc1C(C)(C)C. The van der Waals surface area contributed by atoms with E-state index in [2.05, 4.69) is 95.2 Å². The molecule has 384 valence electrons. The summed E-state index contributed by atoms with van der Waals surface area (Å²) in [6.45, 7) is 39.5. The van der Waals surface area contributed by atoms with E-state index >= 15 is 0 Å². The molecule has 0 radical (unpaired) electrons. The van der Waals surface area contributed by atoms with Crippen LogP contribution in [-0.4, -0.2) is 7.11 Å². The first-order valence-electron chi connectivity index (χ1n) is 23.6. The van der Waals surface area contributed by atoms with Gasteiger partial charge in [-0.25, -0.2) is 26.3 Å². The summed E-state index contributed by atoms with van der Waals surface area (Å²) in [4.78, 5) is 0. The quantitative estimate of drug-likeness (QED) is 0.149. The second-order valence-electron chi connectivity index (χ2n) is 23.5. The van der Waals surface area contributed by atoms with Gasteiger partial charge in [0.2, 0.25) is 0 Å². The standard InChI is InChI=1S/C11H15F.C11H16O.C10H12ClF.C10H12F2.2C10H13F/c1-8-7-9(12)5-6-10(8)11(2,3)4;1-11(2,3)9-5-7-10(12-4)8-6-9;1-10(2,3)8-5-4-7(12)6-9(8)11;1-10(2,3)7-4-5-8(11)9(12)6-7;1-10(2,3)8-4-6-9(11)7-5-8;1-10(2,3)8-5-4-6-9(11)7-8/h5-7H,1-4H3;5-8H,1-4H3;2*4-6H,1-3H3;2*4-7H,1-3H3. The first-order valence-corrected chi connectivity index (χ1v) is 24.0. The lowest BCUT2D eigenvalue weighted by molar-refractivity contribution is 0.414. The zero-order valence-corrected chi connectivity index (χ0v) is 46.4. The van der Waals surface area contributed by atoms with E-state index in [0.29, 0.717) is 5.02 Å². The maximum atomic E-state index is 12.7. The molecule has 0 aliphatic rings. The fourth-order valence-electron chi connectivity index (χ4n) is 6.52. The maximum absolute atomic E-state index is 12.7. The van der Waals surface area contributed by atoms with Crippen LogP contribution in [0.4, 0.5) is 26.3 Å². The Morgan fingerprint density at radius 1 is 0.343 bits per heavy atom. The number of methoxy groups -OCH3 is 1. The van der Waals surface area contributed by atoms with Crippen molar-refractivity contribution >= 4 is 11.6 Å². The highest BCUT2D eigenvalue weighted by Gasteiger charge is 2.19. The van der Waals surface area contributed by atoms with Gasteiger partial charge in [-0.2, -0.15) is 0 Å². The summed E-state index contributed by atoms with van der Waals surface area (Å²) in [5, 5.41) is 0.502. The van der Waals surface area contributed by atoms with Crippen molar-refractivity contribution in [3.05, 3.63) is 206 Å². The molecule has 0 saturated carbocycles. The third kappa shape index (κ3) is 23.3. The topological polar surface area (TPSA) is 9.23 Å². The van der Waals surface area contributed by atoms with E-state index in [1.807, 2.05) is 84.9 Å². The Morgan fingerprint density at radius 3 is 1.07 bits per heavy atom. The third-order valence-electron chi connectivity index (χ3n) is 10.9. The van der Waals surface area contributed by atoms with Gasteiger partial charge in [-0.15, -0.1) is 0 Å². The zero-order valence-electron chi connectivity index (χ0n) is 45.7. The van der Waals surface area contributed by atoms with Crippen LogP contribution in [0.5, 0.6) is 5.75 Å². The third-order valence-corrected chi connectivity index (χ3v) is 11.2. The molecule has 6 rings (SSSR count). The molecule has 0 saturated heterocycles. The van der Waals surface area contributed by atoms with Crippen molar-refractivity contribution in [2.45, 2.75) is 164 Å². The minimum atomic E-state index is -0.789. The minimum Gasteiger partial charge on any atom is -0.497 e. The molecular weight excluding hydrogens is 910 g/mol. The minimum absolute atomic E-state index is 0.0230. The van der Waals surface area contributed by atoms with Crippen LogP contribution in [0.15, 0.2) is 127 Å². The molecule has 0 aromatic heterocycles. The summed E-state index contributed by atoms with van der Waals surface area (Å²) in [7, 11) is 1.69. The van der Waals surface area contributed by atoms with E-state index in [1.165, 1.54) is 59.2 Å². The number of benzene rings is 6. The van der Waals surface area contributed by atoms with Crippen molar-refractivity contribution < 1.29 is 31.1 Å². The van der Waals surface area contributed by atoms with Crippen LogP contribution in [0, 0.1) is 41.8 Å². The number of hydrogen-bond acceptors (Lipinski definition) is 1. The highest BCUT2D eigenvalue weighted by Crippen LogP contribution is 2.30. The molecule has 0 amide bonds. The molecule has 0 unspecified atom stereocenters. The Bertz CT molecular complexity index is 2420. The van der Waals surface area contributed by atoms with Gasteiger partial charge in [-0.05, 0) is 151 Å². The smallest absolute Gasteiger partial charge is 0.159 e. The fraction of sp³-hybridized carbons (Fsp3) is 0.419. The van der Waals surface area contributed by atoms with E-state index in [9.17, 15) is 26.3 Å². The molecule has 70 heavy (non-hydrogen) atoms. The van der Waals surface area contributed by atoms with Crippen LogP contribution in [0.3, 0.4) is 0 Å². The summed E-state index contributed by atoms with van der Waals surface area (Å²) in [5.74, 6) is -1.41. The molecule has 0 N–H and O–H groups in total. The molecule has 6 aromatic rings. The molecule has 6 aromatic carbocycles. The van der Waals surface area contributed by atoms with Gasteiger partial charge in [0.05, 0.1) is 7.11 Å². The Hall–Kier alpha value is -5.01. The predicted molar refractivity (Wildman–Crippen MR) is 287 cm³/mol. The molecule has 0 aliphatic carbocycles. The van der Waals surface area contributed by atoms with Crippen molar-refractivity contribution in [2.24, 2.45) is 0 Å². The van der Waals surface area contributed by atoms with E-state index in [1.54, 1.807) is 37.4 Å². The highest BCUT2D eigenvalue weighted by molar-refractivity contribution is 6.31. The first-order chi connectivity index (χ1) is 31.8. The summed E-state index contributed by atoms with van der Waals surface area (Å²) in [5.41, 5.74) is 7.91. The number of halogens is 7. The molecule has 0 bridgehead atoms. The molecule has 8 heteroatoms. The lowest BCUT2D eigenvalue weighted by atomic mass is 9.84. The van der Waals surface area contributed by atoms with Crippen LogP contribution in [0.2, 0.25) is 5.02 Å². The van der Waals surface area contributed by atoms with Gasteiger partial charge >= 0.3 is 0 Å². The van der Waals surface area contributed by atoms with Crippen molar-refractivity contribution in [1.29, 1.82) is 0 Å². The maximum Gasteiger partial charge on any atom is 0.159 e. The van der Waals surface area contributed by atoms with Crippen molar-refractivity contribution in [1.82, 2.24) is 0 Å². The molecule has 1 nitrogen and oxygen atoms in total. The Balaban J connectivity index is 0.000000420. The summed E-state index contributed by atoms with van der Waals surface area (Å²) in [6, 6.07) is 35.1. The normalized spacial score (nSPS) is 11.6. The van der Waals surface area contributed by atoms with E-state index in [0.717, 1.165) is 34.1 Å². The van der Waals surface area contributed by atoms with Crippen LogP contribution in [-0.2, 0) is 32.5 Å². The van der Waals surface area contributed by atoms with Crippen LogP contribution in [0.25, 0.3) is 0 Å². The molecule has 0 atom stereocenters. The van der Waals surface area contributed by atoms with Crippen molar-refractivity contribution in [3.8, 4) is 5.75 Å². The van der Waals surface area contributed by atoms with Gasteiger partial charge in [-0.1, -0.05) is 191 Å². The molecule has 0 fully saturated rings. The summed E-state index contributed by atoms with van der Waals surface area (Å²) >= 11 is 5.87. The van der Waals surface area contributed by atoms with E-state index < -0.39 is 11.6 Å². The molecule has 0 aliphatic heterocycles. The van der Waals surface area contributed by atoms with Crippen molar-refractivity contribution in [3.63, 3.8) is 0 Å². The Morgan fingerprint density at radius 2 is 0.714 bits per heavy atom. The van der Waals surface area contributed by atoms with Gasteiger partial charge in [0.1, 0.15) is 29.0 Å². The van der Waals surface area contributed by atoms with Gasteiger partial charge in [0.25, 0.3) is 0 Å². The largest absolute Gasteiger partial charge is 0.497 e. The highest BCUT2D eigenvalue weighted by atomic mass is 35.5. The summed E-state index contributed by atoms with van der Waals surface area (Å²) in [6.07, 6.45) is 0. The molecule has 0 heterocycles.